The molecule has 0 aromatic heterocycles. The number of benzene rings is 1. The number of hydrogen-bond acceptors (Lipinski definition) is 3. The summed E-state index contributed by atoms with van der Waals surface area (Å²) in [5, 5.41) is 0. The molecule has 0 spiro atoms. The fraction of sp³-hybridized carbons (Fsp3) is 0.250. The van der Waals surface area contributed by atoms with Crippen molar-refractivity contribution in [2.75, 3.05) is 13.0 Å². The van der Waals surface area contributed by atoms with Crippen LogP contribution in [0.1, 0.15) is 5.56 Å². The molecule has 3 nitrogen and oxygen atoms in total. The average Bonchev–Trinajstić information content (AvgIpc) is 2.35. The number of halogens is 1. The van der Waals surface area contributed by atoms with Crippen LogP contribution in [0.2, 0.25) is 0 Å². The quantitative estimate of drug-likeness (QED) is 0.343. The lowest BCUT2D eigenvalue weighted by Crippen LogP contribution is -2.06. The SMILES string of the molecule is COC(=O)C(=COCc1ccccc1)CCl. The number of hydrogen-bond donors (Lipinski definition) is 0. The molecule has 0 N–H and O–H groups in total. The van der Waals surface area contributed by atoms with Crippen LogP contribution in [0.3, 0.4) is 0 Å². The summed E-state index contributed by atoms with van der Waals surface area (Å²) in [5.41, 5.74) is 1.33. The van der Waals surface area contributed by atoms with Gasteiger partial charge in [-0.15, -0.1) is 11.6 Å². The van der Waals surface area contributed by atoms with Crippen molar-refractivity contribution in [3.8, 4) is 0 Å². The highest BCUT2D eigenvalue weighted by atomic mass is 35.5. The zero-order chi connectivity index (χ0) is 11.8. The minimum atomic E-state index is -0.469. The smallest absolute Gasteiger partial charge is 0.338 e. The Morgan fingerprint density at radius 1 is 1.38 bits per heavy atom. The lowest BCUT2D eigenvalue weighted by Gasteiger charge is -2.03. The Morgan fingerprint density at radius 3 is 2.62 bits per heavy atom. The van der Waals surface area contributed by atoms with Gasteiger partial charge in [-0.1, -0.05) is 30.3 Å². The van der Waals surface area contributed by atoms with E-state index in [-0.39, 0.29) is 5.88 Å². The molecule has 0 saturated heterocycles. The molecule has 0 bridgehead atoms. The molecule has 1 rings (SSSR count). The van der Waals surface area contributed by atoms with E-state index in [1.54, 1.807) is 0 Å². The third-order valence-electron chi connectivity index (χ3n) is 1.91. The molecule has 4 heteroatoms. The minimum Gasteiger partial charge on any atom is -0.496 e. The fourth-order valence-electron chi connectivity index (χ4n) is 1.08. The van der Waals surface area contributed by atoms with Crippen LogP contribution >= 0.6 is 11.6 Å². The number of rotatable bonds is 5. The molecule has 16 heavy (non-hydrogen) atoms. The maximum absolute atomic E-state index is 11.1. The van der Waals surface area contributed by atoms with Gasteiger partial charge in [-0.05, 0) is 5.56 Å². The summed E-state index contributed by atoms with van der Waals surface area (Å²) in [5.74, 6) is -0.398. The van der Waals surface area contributed by atoms with E-state index < -0.39 is 5.97 Å². The zero-order valence-electron chi connectivity index (χ0n) is 8.98. The number of methoxy groups -OCH3 is 1. The maximum Gasteiger partial charge on any atom is 0.338 e. The molecule has 0 fully saturated rings. The summed E-state index contributed by atoms with van der Waals surface area (Å²) < 4.78 is 9.78. The molecular weight excluding hydrogens is 228 g/mol. The van der Waals surface area contributed by atoms with Crippen molar-refractivity contribution in [1.82, 2.24) is 0 Å². The third-order valence-corrected chi connectivity index (χ3v) is 2.20. The largest absolute Gasteiger partial charge is 0.496 e. The van der Waals surface area contributed by atoms with E-state index in [2.05, 4.69) is 4.74 Å². The number of alkyl halides is 1. The molecule has 0 atom stereocenters. The first-order valence-corrected chi connectivity index (χ1v) is 5.30. The molecule has 0 radical (unpaired) electrons. The van der Waals surface area contributed by atoms with Crippen LogP contribution in [-0.2, 0) is 20.9 Å². The van der Waals surface area contributed by atoms with Crippen LogP contribution in [0.4, 0.5) is 0 Å². The van der Waals surface area contributed by atoms with Crippen molar-refractivity contribution >= 4 is 17.6 Å². The second kappa shape index (κ2) is 6.90. The van der Waals surface area contributed by atoms with Crippen LogP contribution < -0.4 is 0 Å². The molecule has 0 aliphatic carbocycles. The molecule has 0 aliphatic heterocycles. The second-order valence-corrected chi connectivity index (χ2v) is 3.33. The van der Waals surface area contributed by atoms with Gasteiger partial charge in [-0.25, -0.2) is 4.79 Å². The Labute approximate surface area is 99.6 Å². The van der Waals surface area contributed by atoms with Gasteiger partial charge in [-0.3, -0.25) is 0 Å². The molecule has 0 heterocycles. The first kappa shape index (κ1) is 12.6. The van der Waals surface area contributed by atoms with Crippen molar-refractivity contribution in [3.63, 3.8) is 0 Å². The number of ether oxygens (including phenoxy) is 2. The van der Waals surface area contributed by atoms with Crippen LogP contribution in [0.15, 0.2) is 42.2 Å². The van der Waals surface area contributed by atoms with Gasteiger partial charge < -0.3 is 9.47 Å². The fourth-order valence-corrected chi connectivity index (χ4v) is 1.25. The van der Waals surface area contributed by atoms with E-state index in [1.807, 2.05) is 30.3 Å². The Morgan fingerprint density at radius 2 is 2.06 bits per heavy atom. The van der Waals surface area contributed by atoms with Crippen LogP contribution in [0, 0.1) is 0 Å². The summed E-state index contributed by atoms with van der Waals surface area (Å²) >= 11 is 5.57. The Hall–Kier alpha value is -1.48. The molecule has 1 aromatic rings. The van der Waals surface area contributed by atoms with Gasteiger partial charge in [0, 0.05) is 0 Å². The molecule has 0 unspecified atom stereocenters. The summed E-state index contributed by atoms with van der Waals surface area (Å²) in [7, 11) is 1.31. The van der Waals surface area contributed by atoms with Gasteiger partial charge >= 0.3 is 5.97 Å². The monoisotopic (exact) mass is 240 g/mol. The predicted molar refractivity (Wildman–Crippen MR) is 62.1 cm³/mol. The summed E-state index contributed by atoms with van der Waals surface area (Å²) in [6.07, 6.45) is 1.34. The highest BCUT2D eigenvalue weighted by Gasteiger charge is 2.07. The minimum absolute atomic E-state index is 0.0709. The van der Waals surface area contributed by atoms with Crippen molar-refractivity contribution in [3.05, 3.63) is 47.7 Å². The summed E-state index contributed by atoms with van der Waals surface area (Å²) in [6, 6.07) is 9.65. The maximum atomic E-state index is 11.1. The van der Waals surface area contributed by atoms with Crippen molar-refractivity contribution in [2.45, 2.75) is 6.61 Å². The van der Waals surface area contributed by atoms with E-state index in [4.69, 9.17) is 16.3 Å². The van der Waals surface area contributed by atoms with Gasteiger partial charge in [0.25, 0.3) is 0 Å². The summed E-state index contributed by atoms with van der Waals surface area (Å²) in [4.78, 5) is 11.1. The number of carbonyl (C=O) groups is 1. The lowest BCUT2D eigenvalue weighted by molar-refractivity contribution is -0.136. The Balaban J connectivity index is 2.49. The van der Waals surface area contributed by atoms with Crippen LogP contribution in [0.25, 0.3) is 0 Å². The van der Waals surface area contributed by atoms with Crippen molar-refractivity contribution in [1.29, 1.82) is 0 Å². The highest BCUT2D eigenvalue weighted by molar-refractivity contribution is 6.22. The third kappa shape index (κ3) is 3.95. The van der Waals surface area contributed by atoms with Gasteiger partial charge in [-0.2, -0.15) is 0 Å². The predicted octanol–water partition coefficient (Wildman–Crippen LogP) is 2.50. The first-order valence-electron chi connectivity index (χ1n) is 4.76. The molecule has 0 aliphatic rings. The summed E-state index contributed by atoms with van der Waals surface area (Å²) in [6.45, 7) is 0.401. The van der Waals surface area contributed by atoms with Crippen molar-refractivity contribution in [2.24, 2.45) is 0 Å². The van der Waals surface area contributed by atoms with Gasteiger partial charge in [0.1, 0.15) is 6.61 Å². The highest BCUT2D eigenvalue weighted by Crippen LogP contribution is 2.05. The molecular formula is C12H13ClO3. The van der Waals surface area contributed by atoms with Gasteiger partial charge in [0.05, 0.1) is 24.8 Å². The Bertz CT molecular complexity index is 360. The van der Waals surface area contributed by atoms with E-state index >= 15 is 0 Å². The molecule has 0 saturated carbocycles. The number of esters is 1. The lowest BCUT2D eigenvalue weighted by atomic mass is 10.2. The van der Waals surface area contributed by atoms with Crippen molar-refractivity contribution < 1.29 is 14.3 Å². The number of carbonyl (C=O) groups excluding carboxylic acids is 1. The van der Waals surface area contributed by atoms with Gasteiger partial charge in [0.2, 0.25) is 0 Å². The van der Waals surface area contributed by atoms with E-state index in [0.717, 1.165) is 5.56 Å². The zero-order valence-corrected chi connectivity index (χ0v) is 9.74. The molecule has 0 amide bonds. The standard InChI is InChI=1S/C12H13ClO3/c1-15-12(14)11(7-13)9-16-8-10-5-3-2-4-6-10/h2-6,9H,7-8H2,1H3. The topological polar surface area (TPSA) is 35.5 Å². The Kier molecular flexibility index (Phi) is 5.43. The average molecular weight is 241 g/mol. The van der Waals surface area contributed by atoms with E-state index in [9.17, 15) is 4.79 Å². The normalized spacial score (nSPS) is 11.0. The molecule has 86 valence electrons. The van der Waals surface area contributed by atoms with E-state index in [0.29, 0.717) is 12.2 Å². The van der Waals surface area contributed by atoms with E-state index in [1.165, 1.54) is 13.4 Å². The van der Waals surface area contributed by atoms with Gasteiger partial charge in [0.15, 0.2) is 0 Å². The van der Waals surface area contributed by atoms with Crippen LogP contribution in [0.5, 0.6) is 0 Å². The molecule has 1 aromatic carbocycles. The first-order chi connectivity index (χ1) is 7.77. The van der Waals surface area contributed by atoms with Crippen LogP contribution in [-0.4, -0.2) is 19.0 Å². The second-order valence-electron chi connectivity index (χ2n) is 3.06.